The molecule has 0 aromatic carbocycles. The van der Waals surface area contributed by atoms with Crippen LogP contribution < -0.4 is 0 Å². The molecule has 0 aromatic heterocycles. The van der Waals surface area contributed by atoms with Crippen molar-refractivity contribution in [2.75, 3.05) is 19.6 Å². The topological polar surface area (TPSA) is 23.5 Å². The normalized spacial score (nSPS) is 14.8. The van der Waals surface area contributed by atoms with Gasteiger partial charge in [0.15, 0.2) is 0 Å². The smallest absolute Gasteiger partial charge is 0.0715 e. The van der Waals surface area contributed by atoms with E-state index >= 15 is 0 Å². The highest BCUT2D eigenvalue weighted by atomic mass is 16.3. The second-order valence-corrected chi connectivity index (χ2v) is 7.55. The second kappa shape index (κ2) is 8.16. The third-order valence-corrected chi connectivity index (χ3v) is 3.48. The Hall–Kier alpha value is -0.0800. The fourth-order valence-corrected chi connectivity index (χ4v) is 1.69. The molecule has 0 amide bonds. The summed E-state index contributed by atoms with van der Waals surface area (Å²) in [4.78, 5) is 2.44. The van der Waals surface area contributed by atoms with Gasteiger partial charge in [0.1, 0.15) is 0 Å². The van der Waals surface area contributed by atoms with Gasteiger partial charge in [-0.25, -0.2) is 0 Å². The van der Waals surface area contributed by atoms with Gasteiger partial charge in [-0.1, -0.05) is 48.5 Å². The molecule has 1 atom stereocenters. The second-order valence-electron chi connectivity index (χ2n) is 7.55. The summed E-state index contributed by atoms with van der Waals surface area (Å²) in [5.41, 5.74) is -0.0199. The number of aliphatic hydroxyl groups is 1. The molecule has 0 radical (unpaired) electrons. The zero-order valence-corrected chi connectivity index (χ0v) is 13.7. The van der Waals surface area contributed by atoms with E-state index in [1.54, 1.807) is 0 Å². The van der Waals surface area contributed by atoms with Crippen molar-refractivity contribution in [2.45, 2.75) is 67.4 Å². The van der Waals surface area contributed by atoms with E-state index in [2.05, 4.69) is 53.4 Å². The average Bonchev–Trinajstić information content (AvgIpc) is 2.19. The van der Waals surface area contributed by atoms with Crippen LogP contribution in [-0.2, 0) is 0 Å². The summed E-state index contributed by atoms with van der Waals surface area (Å²) in [6.45, 7) is 18.4. The molecule has 2 nitrogen and oxygen atoms in total. The Kier molecular flexibility index (Phi) is 8.13. The Morgan fingerprint density at radius 3 is 1.56 bits per heavy atom. The third-order valence-electron chi connectivity index (χ3n) is 3.48. The van der Waals surface area contributed by atoms with E-state index in [9.17, 15) is 5.11 Å². The first-order valence-corrected chi connectivity index (χ1v) is 7.53. The van der Waals surface area contributed by atoms with Crippen LogP contribution in [0.1, 0.15) is 61.3 Å². The van der Waals surface area contributed by atoms with E-state index < -0.39 is 0 Å². The van der Waals surface area contributed by atoms with Gasteiger partial charge in [-0.3, -0.25) is 0 Å². The van der Waals surface area contributed by atoms with Gasteiger partial charge in [0.2, 0.25) is 0 Å². The van der Waals surface area contributed by atoms with Gasteiger partial charge in [-0.2, -0.15) is 0 Å². The van der Waals surface area contributed by atoms with E-state index in [4.69, 9.17) is 0 Å². The van der Waals surface area contributed by atoms with Crippen molar-refractivity contribution < 1.29 is 5.11 Å². The van der Waals surface area contributed by atoms with Crippen LogP contribution in [0.3, 0.4) is 0 Å². The van der Waals surface area contributed by atoms with Gasteiger partial charge in [0.05, 0.1) is 6.10 Å². The number of hydrogen-bond acceptors (Lipinski definition) is 2. The quantitative estimate of drug-likeness (QED) is 0.715. The third kappa shape index (κ3) is 8.93. The molecule has 1 unspecified atom stereocenters. The zero-order valence-electron chi connectivity index (χ0n) is 13.7. The summed E-state index contributed by atoms with van der Waals surface area (Å²) in [7, 11) is 0. The molecule has 110 valence electrons. The molecular weight excluding hydrogens is 222 g/mol. The minimum atomic E-state index is -0.239. The molecule has 0 aromatic rings. The molecule has 0 fully saturated rings. The molecule has 0 rings (SSSR count). The molecule has 0 heterocycles. The van der Waals surface area contributed by atoms with E-state index in [1.165, 1.54) is 12.8 Å². The first-order chi connectivity index (χ1) is 8.12. The summed E-state index contributed by atoms with van der Waals surface area (Å²) in [5, 5.41) is 10.2. The van der Waals surface area contributed by atoms with E-state index in [0.717, 1.165) is 31.5 Å². The maximum absolute atomic E-state index is 10.2. The highest BCUT2D eigenvalue weighted by molar-refractivity contribution is 4.76. The number of aliphatic hydroxyl groups excluding tert-OH is 1. The fraction of sp³-hybridized carbons (Fsp3) is 1.00. The monoisotopic (exact) mass is 257 g/mol. The molecule has 0 aliphatic rings. The molecule has 0 aliphatic heterocycles. The van der Waals surface area contributed by atoms with Crippen molar-refractivity contribution in [1.29, 1.82) is 0 Å². The molecule has 1 N–H and O–H groups in total. The van der Waals surface area contributed by atoms with E-state index in [1.807, 2.05) is 0 Å². The van der Waals surface area contributed by atoms with Crippen LogP contribution in [0.2, 0.25) is 0 Å². The predicted molar refractivity (Wildman–Crippen MR) is 80.8 cm³/mol. The van der Waals surface area contributed by atoms with Crippen molar-refractivity contribution in [3.63, 3.8) is 0 Å². The molecular formula is C16H35NO. The highest BCUT2D eigenvalue weighted by Gasteiger charge is 2.24. The molecule has 0 bridgehead atoms. The van der Waals surface area contributed by atoms with Crippen LogP contribution in [-0.4, -0.2) is 35.7 Å². The maximum Gasteiger partial charge on any atom is 0.0715 e. The Bertz CT molecular complexity index is 194. The van der Waals surface area contributed by atoms with Crippen molar-refractivity contribution in [3.8, 4) is 0 Å². The van der Waals surface area contributed by atoms with Crippen molar-refractivity contribution in [2.24, 2.45) is 17.3 Å². The minimum absolute atomic E-state index is 0.0199. The first-order valence-electron chi connectivity index (χ1n) is 7.53. The van der Waals surface area contributed by atoms with Gasteiger partial charge < -0.3 is 10.0 Å². The summed E-state index contributed by atoms with van der Waals surface area (Å²) >= 11 is 0. The lowest BCUT2D eigenvalue weighted by Crippen LogP contribution is -2.40. The lowest BCUT2D eigenvalue weighted by atomic mass is 9.88. The molecule has 0 saturated heterocycles. The number of hydrogen-bond donors (Lipinski definition) is 1. The van der Waals surface area contributed by atoms with Gasteiger partial charge >= 0.3 is 0 Å². The van der Waals surface area contributed by atoms with E-state index in [0.29, 0.717) is 0 Å². The Morgan fingerprint density at radius 1 is 0.889 bits per heavy atom. The highest BCUT2D eigenvalue weighted by Crippen LogP contribution is 2.20. The summed E-state index contributed by atoms with van der Waals surface area (Å²) < 4.78 is 0. The predicted octanol–water partition coefficient (Wildman–Crippen LogP) is 3.79. The van der Waals surface area contributed by atoms with Crippen LogP contribution in [0, 0.1) is 17.3 Å². The average molecular weight is 257 g/mol. The number of nitrogens with zero attached hydrogens (tertiary/aromatic N) is 1. The minimum Gasteiger partial charge on any atom is -0.391 e. The number of rotatable bonds is 8. The SMILES string of the molecule is CC(C)CCN(CCC(C)C)CC(O)C(C)(C)C. The van der Waals surface area contributed by atoms with Crippen LogP contribution >= 0.6 is 0 Å². The van der Waals surface area contributed by atoms with Gasteiger partial charge in [-0.05, 0) is 43.2 Å². The van der Waals surface area contributed by atoms with Gasteiger partial charge in [0, 0.05) is 6.54 Å². The first kappa shape index (κ1) is 17.9. The standard InChI is InChI=1S/C16H35NO/c1-13(2)8-10-17(11-9-14(3)4)12-15(18)16(5,6)7/h13-15,18H,8-12H2,1-7H3. The Balaban J connectivity index is 4.27. The summed E-state index contributed by atoms with van der Waals surface area (Å²) in [5.74, 6) is 1.47. The Morgan fingerprint density at radius 2 is 1.28 bits per heavy atom. The van der Waals surface area contributed by atoms with Crippen LogP contribution in [0.5, 0.6) is 0 Å². The van der Waals surface area contributed by atoms with Crippen molar-refractivity contribution in [1.82, 2.24) is 4.90 Å². The van der Waals surface area contributed by atoms with Crippen molar-refractivity contribution >= 4 is 0 Å². The van der Waals surface area contributed by atoms with Crippen molar-refractivity contribution in [3.05, 3.63) is 0 Å². The largest absolute Gasteiger partial charge is 0.391 e. The zero-order chi connectivity index (χ0) is 14.3. The Labute approximate surface area is 115 Å². The molecule has 0 aliphatic carbocycles. The summed E-state index contributed by atoms with van der Waals surface area (Å²) in [6.07, 6.45) is 2.20. The van der Waals surface area contributed by atoms with Gasteiger partial charge in [0.25, 0.3) is 0 Å². The fourth-order valence-electron chi connectivity index (χ4n) is 1.69. The van der Waals surface area contributed by atoms with Crippen LogP contribution in [0.25, 0.3) is 0 Å². The maximum atomic E-state index is 10.2. The molecule has 0 spiro atoms. The lowest BCUT2D eigenvalue weighted by molar-refractivity contribution is 0.0261. The van der Waals surface area contributed by atoms with Gasteiger partial charge in [-0.15, -0.1) is 0 Å². The molecule has 18 heavy (non-hydrogen) atoms. The molecule has 2 heteroatoms. The van der Waals surface area contributed by atoms with Crippen LogP contribution in [0.4, 0.5) is 0 Å². The van der Waals surface area contributed by atoms with Crippen LogP contribution in [0.15, 0.2) is 0 Å². The summed E-state index contributed by atoms with van der Waals surface area (Å²) in [6, 6.07) is 0. The molecule has 0 saturated carbocycles. The lowest BCUT2D eigenvalue weighted by Gasteiger charge is -2.32. The van der Waals surface area contributed by atoms with E-state index in [-0.39, 0.29) is 11.5 Å².